The zero-order valence-electron chi connectivity index (χ0n) is 14.8. The highest BCUT2D eigenvalue weighted by Crippen LogP contribution is 2.34. The molecule has 2 heterocycles. The van der Waals surface area contributed by atoms with Crippen LogP contribution in [0.3, 0.4) is 0 Å². The SMILES string of the molecule is CCCC1CC1NC(=NCC)N1CCN(Cc2ccon2)CC1.I. The van der Waals surface area contributed by atoms with E-state index in [4.69, 9.17) is 9.52 Å². The molecule has 2 aliphatic rings. The Morgan fingerprint density at radius 2 is 2.12 bits per heavy atom. The number of hydrogen-bond donors (Lipinski definition) is 1. The van der Waals surface area contributed by atoms with Crippen LogP contribution < -0.4 is 5.32 Å². The number of aliphatic imine (C=N–C) groups is 1. The lowest BCUT2D eigenvalue weighted by Crippen LogP contribution is -2.52. The van der Waals surface area contributed by atoms with Gasteiger partial charge in [0.1, 0.15) is 6.26 Å². The summed E-state index contributed by atoms with van der Waals surface area (Å²) in [7, 11) is 0. The van der Waals surface area contributed by atoms with E-state index >= 15 is 0 Å². The second-order valence-corrected chi connectivity index (χ2v) is 6.59. The summed E-state index contributed by atoms with van der Waals surface area (Å²) in [5.41, 5.74) is 1.01. The zero-order valence-corrected chi connectivity index (χ0v) is 17.1. The number of nitrogens with zero attached hydrogens (tertiary/aromatic N) is 4. The van der Waals surface area contributed by atoms with Crippen molar-refractivity contribution in [1.82, 2.24) is 20.3 Å². The quantitative estimate of drug-likeness (QED) is 0.413. The minimum atomic E-state index is 0. The summed E-state index contributed by atoms with van der Waals surface area (Å²) in [6.45, 7) is 10.2. The predicted octanol–water partition coefficient (Wildman–Crippen LogP) is 2.56. The molecule has 0 aromatic carbocycles. The summed E-state index contributed by atoms with van der Waals surface area (Å²) in [6.07, 6.45) is 5.57. The van der Waals surface area contributed by atoms with E-state index in [9.17, 15) is 0 Å². The summed E-state index contributed by atoms with van der Waals surface area (Å²) in [5, 5.41) is 7.69. The van der Waals surface area contributed by atoms with Crippen LogP contribution in [0.15, 0.2) is 21.8 Å². The molecular weight excluding hydrogens is 417 g/mol. The molecule has 2 fully saturated rings. The molecule has 7 heteroatoms. The molecular formula is C17H30IN5O. The van der Waals surface area contributed by atoms with Crippen LogP contribution >= 0.6 is 24.0 Å². The van der Waals surface area contributed by atoms with Gasteiger partial charge in [-0.2, -0.15) is 0 Å². The highest BCUT2D eigenvalue weighted by molar-refractivity contribution is 14.0. The lowest BCUT2D eigenvalue weighted by molar-refractivity contribution is 0.168. The third-order valence-corrected chi connectivity index (χ3v) is 4.75. The van der Waals surface area contributed by atoms with Crippen molar-refractivity contribution in [1.29, 1.82) is 0 Å². The molecule has 1 aromatic heterocycles. The lowest BCUT2D eigenvalue weighted by atomic mass is 10.2. The number of halogens is 1. The second-order valence-electron chi connectivity index (χ2n) is 6.59. The second kappa shape index (κ2) is 9.60. The molecule has 3 rings (SSSR count). The fourth-order valence-electron chi connectivity index (χ4n) is 3.33. The fourth-order valence-corrected chi connectivity index (χ4v) is 3.33. The molecule has 0 bridgehead atoms. The Bertz CT molecular complexity index is 499. The van der Waals surface area contributed by atoms with Gasteiger partial charge in [0.05, 0.1) is 5.69 Å². The number of nitrogens with one attached hydrogen (secondary N) is 1. The van der Waals surface area contributed by atoms with Crippen molar-refractivity contribution in [2.45, 2.75) is 45.7 Å². The van der Waals surface area contributed by atoms with E-state index < -0.39 is 0 Å². The first kappa shape index (κ1) is 19.5. The van der Waals surface area contributed by atoms with Gasteiger partial charge in [0.25, 0.3) is 0 Å². The minimum Gasteiger partial charge on any atom is -0.364 e. The van der Waals surface area contributed by atoms with Crippen molar-refractivity contribution < 1.29 is 4.52 Å². The maximum Gasteiger partial charge on any atom is 0.194 e. The largest absolute Gasteiger partial charge is 0.364 e. The van der Waals surface area contributed by atoms with Gasteiger partial charge < -0.3 is 14.7 Å². The highest BCUT2D eigenvalue weighted by atomic mass is 127. The summed E-state index contributed by atoms with van der Waals surface area (Å²) < 4.78 is 4.91. The van der Waals surface area contributed by atoms with Gasteiger partial charge >= 0.3 is 0 Å². The Morgan fingerprint density at radius 3 is 2.75 bits per heavy atom. The van der Waals surface area contributed by atoms with E-state index in [0.29, 0.717) is 6.04 Å². The van der Waals surface area contributed by atoms with E-state index in [2.05, 4.69) is 34.1 Å². The zero-order chi connectivity index (χ0) is 16.1. The van der Waals surface area contributed by atoms with E-state index in [1.165, 1.54) is 19.3 Å². The summed E-state index contributed by atoms with van der Waals surface area (Å²) in [4.78, 5) is 9.54. The molecule has 0 radical (unpaired) electrons. The Labute approximate surface area is 162 Å². The lowest BCUT2D eigenvalue weighted by Gasteiger charge is -2.36. The van der Waals surface area contributed by atoms with Crippen LogP contribution in [0.1, 0.15) is 38.8 Å². The summed E-state index contributed by atoms with van der Waals surface area (Å²) in [6, 6.07) is 2.59. The van der Waals surface area contributed by atoms with Gasteiger partial charge in [-0.25, -0.2) is 0 Å². The topological polar surface area (TPSA) is 56.9 Å². The number of aromatic nitrogens is 1. The van der Waals surface area contributed by atoms with Gasteiger partial charge in [0.2, 0.25) is 0 Å². The molecule has 0 spiro atoms. The standard InChI is InChI=1S/C17H29N5O.HI/c1-3-5-14-12-16(14)19-17(18-4-2)22-9-7-21(8-10-22)13-15-6-11-23-20-15;/h6,11,14,16H,3-5,7-10,12-13H2,1-2H3,(H,18,19);1H. The van der Waals surface area contributed by atoms with Crippen molar-refractivity contribution in [3.8, 4) is 0 Å². The van der Waals surface area contributed by atoms with Crippen molar-refractivity contribution >= 4 is 29.9 Å². The third-order valence-electron chi connectivity index (χ3n) is 4.75. The Kier molecular flexibility index (Phi) is 7.80. The van der Waals surface area contributed by atoms with Crippen molar-refractivity contribution in [2.75, 3.05) is 32.7 Å². The van der Waals surface area contributed by atoms with Gasteiger partial charge in [0.15, 0.2) is 5.96 Å². The van der Waals surface area contributed by atoms with Gasteiger partial charge in [0, 0.05) is 51.4 Å². The average Bonchev–Trinajstić information content (AvgIpc) is 3.07. The highest BCUT2D eigenvalue weighted by Gasteiger charge is 2.37. The molecule has 24 heavy (non-hydrogen) atoms. The van der Waals surface area contributed by atoms with Crippen LogP contribution in [0.5, 0.6) is 0 Å². The van der Waals surface area contributed by atoms with Crippen LogP contribution in [0, 0.1) is 5.92 Å². The Hall–Kier alpha value is -0.830. The van der Waals surface area contributed by atoms with Crippen LogP contribution in [-0.2, 0) is 6.54 Å². The summed E-state index contributed by atoms with van der Waals surface area (Å²) >= 11 is 0. The predicted molar refractivity (Wildman–Crippen MR) is 107 cm³/mol. The first-order chi connectivity index (χ1) is 11.3. The smallest absolute Gasteiger partial charge is 0.194 e. The first-order valence-electron chi connectivity index (χ1n) is 8.97. The van der Waals surface area contributed by atoms with Crippen LogP contribution in [-0.4, -0.2) is 59.7 Å². The monoisotopic (exact) mass is 447 g/mol. The Balaban J connectivity index is 0.00000208. The maximum absolute atomic E-state index is 4.91. The van der Waals surface area contributed by atoms with Crippen LogP contribution in [0.2, 0.25) is 0 Å². The maximum atomic E-state index is 4.91. The third kappa shape index (κ3) is 5.34. The first-order valence-corrected chi connectivity index (χ1v) is 8.97. The fraction of sp³-hybridized carbons (Fsp3) is 0.765. The normalized spacial score (nSPS) is 24.6. The molecule has 6 nitrogen and oxygen atoms in total. The van der Waals surface area contributed by atoms with Crippen LogP contribution in [0.25, 0.3) is 0 Å². The Morgan fingerprint density at radius 1 is 1.33 bits per heavy atom. The molecule has 2 atom stereocenters. The molecule has 0 amide bonds. The molecule has 1 saturated heterocycles. The number of hydrogen-bond acceptors (Lipinski definition) is 4. The van der Waals surface area contributed by atoms with E-state index in [1.807, 2.05) is 6.07 Å². The van der Waals surface area contributed by atoms with Gasteiger partial charge in [-0.1, -0.05) is 18.5 Å². The minimum absolute atomic E-state index is 0. The molecule has 1 aliphatic heterocycles. The molecule has 2 unspecified atom stereocenters. The van der Waals surface area contributed by atoms with Gasteiger partial charge in [-0.05, 0) is 25.7 Å². The molecule has 136 valence electrons. The van der Waals surface area contributed by atoms with Crippen molar-refractivity contribution in [3.05, 3.63) is 18.0 Å². The van der Waals surface area contributed by atoms with E-state index in [1.54, 1.807) is 6.26 Å². The summed E-state index contributed by atoms with van der Waals surface area (Å²) in [5.74, 6) is 1.97. The van der Waals surface area contributed by atoms with Gasteiger partial charge in [-0.15, -0.1) is 24.0 Å². The molecule has 1 aromatic rings. The average molecular weight is 447 g/mol. The molecule has 1 N–H and O–H groups in total. The molecule has 1 saturated carbocycles. The van der Waals surface area contributed by atoms with Gasteiger partial charge in [-0.3, -0.25) is 9.89 Å². The number of guanidine groups is 1. The van der Waals surface area contributed by atoms with E-state index in [0.717, 1.165) is 56.8 Å². The van der Waals surface area contributed by atoms with Crippen molar-refractivity contribution in [3.63, 3.8) is 0 Å². The number of piperazine rings is 1. The van der Waals surface area contributed by atoms with Crippen LogP contribution in [0.4, 0.5) is 0 Å². The number of rotatable bonds is 6. The molecule has 1 aliphatic carbocycles. The van der Waals surface area contributed by atoms with Crippen molar-refractivity contribution in [2.24, 2.45) is 10.9 Å². The van der Waals surface area contributed by atoms with E-state index in [-0.39, 0.29) is 24.0 Å².